The normalized spacial score (nSPS) is 19.4. The molecule has 94 valence electrons. The number of piperidine rings is 1. The molecule has 1 aliphatic rings. The molecule has 1 unspecified atom stereocenters. The summed E-state index contributed by atoms with van der Waals surface area (Å²) in [4.78, 5) is 11.6. The first-order chi connectivity index (χ1) is 7.72. The molecule has 1 aliphatic heterocycles. The van der Waals surface area contributed by atoms with E-state index in [1.54, 1.807) is 0 Å². The van der Waals surface area contributed by atoms with Crippen LogP contribution in [0.5, 0.6) is 0 Å². The first-order valence-corrected chi connectivity index (χ1v) is 6.31. The molecule has 0 saturated carbocycles. The van der Waals surface area contributed by atoms with Crippen LogP contribution in [0.2, 0.25) is 0 Å². The van der Waals surface area contributed by atoms with Crippen LogP contribution in [0.15, 0.2) is 0 Å². The minimum atomic E-state index is 0.113. The lowest BCUT2D eigenvalue weighted by molar-refractivity contribution is -0.122. The molecule has 0 radical (unpaired) electrons. The molecule has 0 aromatic carbocycles. The van der Waals surface area contributed by atoms with E-state index >= 15 is 0 Å². The van der Waals surface area contributed by atoms with Gasteiger partial charge >= 0.3 is 0 Å². The van der Waals surface area contributed by atoms with E-state index in [-0.39, 0.29) is 12.0 Å². The van der Waals surface area contributed by atoms with Crippen molar-refractivity contribution in [3.63, 3.8) is 0 Å². The van der Waals surface area contributed by atoms with Crippen molar-refractivity contribution in [2.75, 3.05) is 26.2 Å². The average Bonchev–Trinajstić information content (AvgIpc) is 2.28. The lowest BCUT2D eigenvalue weighted by atomic mass is 9.94. The van der Waals surface area contributed by atoms with Gasteiger partial charge < -0.3 is 15.4 Å². The second-order valence-corrected chi connectivity index (χ2v) is 4.47. The molecule has 0 aromatic heterocycles. The Morgan fingerprint density at radius 1 is 1.50 bits per heavy atom. The maximum atomic E-state index is 11.6. The van der Waals surface area contributed by atoms with Crippen molar-refractivity contribution >= 4 is 5.91 Å². The van der Waals surface area contributed by atoms with Crippen LogP contribution in [-0.2, 0) is 9.53 Å². The summed E-state index contributed by atoms with van der Waals surface area (Å²) in [5, 5.41) is 6.23. The van der Waals surface area contributed by atoms with Crippen molar-refractivity contribution in [3.8, 4) is 0 Å². The van der Waals surface area contributed by atoms with Crippen molar-refractivity contribution in [2.24, 2.45) is 5.92 Å². The van der Waals surface area contributed by atoms with Gasteiger partial charge in [0.2, 0.25) is 5.91 Å². The summed E-state index contributed by atoms with van der Waals surface area (Å²) in [7, 11) is 0. The summed E-state index contributed by atoms with van der Waals surface area (Å²) in [6, 6.07) is 0. The quantitative estimate of drug-likeness (QED) is 0.710. The van der Waals surface area contributed by atoms with E-state index in [0.29, 0.717) is 25.5 Å². The van der Waals surface area contributed by atoms with Crippen molar-refractivity contribution in [1.29, 1.82) is 0 Å². The van der Waals surface area contributed by atoms with Gasteiger partial charge in [0.1, 0.15) is 0 Å². The molecular formula is C12H24N2O2. The van der Waals surface area contributed by atoms with Crippen LogP contribution < -0.4 is 10.6 Å². The third kappa shape index (κ3) is 5.47. The monoisotopic (exact) mass is 228 g/mol. The topological polar surface area (TPSA) is 50.4 Å². The van der Waals surface area contributed by atoms with Crippen LogP contribution in [0, 0.1) is 5.92 Å². The Labute approximate surface area is 98.1 Å². The fourth-order valence-electron chi connectivity index (χ4n) is 2.02. The van der Waals surface area contributed by atoms with Gasteiger partial charge in [-0.2, -0.15) is 0 Å². The number of carbonyl (C=O) groups is 1. The second kappa shape index (κ2) is 7.63. The highest BCUT2D eigenvalue weighted by molar-refractivity contribution is 5.76. The summed E-state index contributed by atoms with van der Waals surface area (Å²) < 4.78 is 5.36. The number of rotatable bonds is 6. The molecule has 2 N–H and O–H groups in total. The molecule has 1 atom stereocenters. The van der Waals surface area contributed by atoms with E-state index in [0.717, 1.165) is 25.9 Å². The SMILES string of the molecule is CCOC(C)CNC(=O)CC1CCNCC1. The Kier molecular flexibility index (Phi) is 6.42. The third-order valence-electron chi connectivity index (χ3n) is 2.97. The van der Waals surface area contributed by atoms with Gasteiger partial charge in [-0.05, 0) is 45.7 Å². The highest BCUT2D eigenvalue weighted by Gasteiger charge is 2.16. The van der Waals surface area contributed by atoms with Gasteiger partial charge in [-0.3, -0.25) is 4.79 Å². The predicted molar refractivity (Wildman–Crippen MR) is 64.3 cm³/mol. The smallest absolute Gasteiger partial charge is 0.220 e. The third-order valence-corrected chi connectivity index (χ3v) is 2.97. The van der Waals surface area contributed by atoms with Crippen molar-refractivity contribution in [2.45, 2.75) is 39.2 Å². The van der Waals surface area contributed by atoms with Crippen LogP contribution in [0.1, 0.15) is 33.1 Å². The minimum Gasteiger partial charge on any atom is -0.377 e. The highest BCUT2D eigenvalue weighted by Crippen LogP contribution is 2.15. The van der Waals surface area contributed by atoms with Gasteiger partial charge in [-0.15, -0.1) is 0 Å². The first-order valence-electron chi connectivity index (χ1n) is 6.31. The molecule has 4 heteroatoms. The predicted octanol–water partition coefficient (Wildman–Crippen LogP) is 0.917. The summed E-state index contributed by atoms with van der Waals surface area (Å²) in [5.41, 5.74) is 0. The van der Waals surface area contributed by atoms with E-state index in [2.05, 4.69) is 10.6 Å². The minimum absolute atomic E-state index is 0.113. The lowest BCUT2D eigenvalue weighted by Crippen LogP contribution is -2.35. The fraction of sp³-hybridized carbons (Fsp3) is 0.917. The molecule has 0 bridgehead atoms. The van der Waals surface area contributed by atoms with Crippen LogP contribution in [0.25, 0.3) is 0 Å². The van der Waals surface area contributed by atoms with Crippen molar-refractivity contribution in [1.82, 2.24) is 10.6 Å². The van der Waals surface area contributed by atoms with Gasteiger partial charge in [0.05, 0.1) is 6.10 Å². The molecule has 1 saturated heterocycles. The zero-order chi connectivity index (χ0) is 11.8. The Morgan fingerprint density at radius 3 is 2.81 bits per heavy atom. The Hall–Kier alpha value is -0.610. The zero-order valence-corrected chi connectivity index (χ0v) is 10.4. The van der Waals surface area contributed by atoms with Crippen LogP contribution in [0.3, 0.4) is 0 Å². The molecule has 1 heterocycles. The van der Waals surface area contributed by atoms with Gasteiger partial charge in [0.15, 0.2) is 0 Å². The maximum Gasteiger partial charge on any atom is 0.220 e. The van der Waals surface area contributed by atoms with Crippen LogP contribution in [0.4, 0.5) is 0 Å². The zero-order valence-electron chi connectivity index (χ0n) is 10.4. The molecule has 1 rings (SSSR count). The van der Waals surface area contributed by atoms with Gasteiger partial charge in [-0.1, -0.05) is 0 Å². The van der Waals surface area contributed by atoms with Gasteiger partial charge in [0, 0.05) is 19.6 Å². The molecule has 16 heavy (non-hydrogen) atoms. The maximum absolute atomic E-state index is 11.6. The molecule has 1 amide bonds. The van der Waals surface area contributed by atoms with Crippen molar-refractivity contribution < 1.29 is 9.53 Å². The number of amides is 1. The van der Waals surface area contributed by atoms with E-state index in [9.17, 15) is 4.79 Å². The summed E-state index contributed by atoms with van der Waals surface area (Å²) in [6.07, 6.45) is 3.02. The highest BCUT2D eigenvalue weighted by atomic mass is 16.5. The van der Waals surface area contributed by atoms with E-state index in [4.69, 9.17) is 4.74 Å². The molecular weight excluding hydrogens is 204 g/mol. The largest absolute Gasteiger partial charge is 0.377 e. The molecule has 0 aliphatic carbocycles. The molecule has 4 nitrogen and oxygen atoms in total. The van der Waals surface area contributed by atoms with Gasteiger partial charge in [-0.25, -0.2) is 0 Å². The average molecular weight is 228 g/mol. The summed E-state index contributed by atoms with van der Waals surface area (Å²) >= 11 is 0. The van der Waals surface area contributed by atoms with Crippen LogP contribution >= 0.6 is 0 Å². The second-order valence-electron chi connectivity index (χ2n) is 4.47. The fourth-order valence-corrected chi connectivity index (χ4v) is 2.02. The standard InChI is InChI=1S/C12H24N2O2/c1-3-16-10(2)9-14-12(15)8-11-4-6-13-7-5-11/h10-11,13H,3-9H2,1-2H3,(H,14,15). The summed E-state index contributed by atoms with van der Waals surface area (Å²) in [6.45, 7) is 7.37. The van der Waals surface area contributed by atoms with Crippen molar-refractivity contribution in [3.05, 3.63) is 0 Å². The number of hydrogen-bond donors (Lipinski definition) is 2. The lowest BCUT2D eigenvalue weighted by Gasteiger charge is -2.22. The van der Waals surface area contributed by atoms with E-state index in [1.807, 2.05) is 13.8 Å². The van der Waals surface area contributed by atoms with Gasteiger partial charge in [0.25, 0.3) is 0 Å². The number of hydrogen-bond acceptors (Lipinski definition) is 3. The Morgan fingerprint density at radius 2 is 2.19 bits per heavy atom. The molecule has 0 spiro atoms. The molecule has 0 aromatic rings. The Balaban J connectivity index is 2.10. The number of nitrogens with one attached hydrogen (secondary N) is 2. The van der Waals surface area contributed by atoms with E-state index < -0.39 is 0 Å². The summed E-state index contributed by atoms with van der Waals surface area (Å²) in [5.74, 6) is 0.724. The van der Waals surface area contributed by atoms with E-state index in [1.165, 1.54) is 0 Å². The van der Waals surface area contributed by atoms with Crippen LogP contribution in [-0.4, -0.2) is 38.3 Å². The first kappa shape index (κ1) is 13.5. The number of carbonyl (C=O) groups excluding carboxylic acids is 1. The molecule has 1 fully saturated rings. The Bertz CT molecular complexity index is 203. The number of ether oxygens (including phenoxy) is 1.